The highest BCUT2D eigenvalue weighted by Crippen LogP contribution is 2.51. The Morgan fingerprint density at radius 2 is 1.79 bits per heavy atom. The van der Waals surface area contributed by atoms with Gasteiger partial charge in [0.15, 0.2) is 15.6 Å². The number of carbonyl (C=O) groups is 3. The van der Waals surface area contributed by atoms with E-state index in [1.807, 2.05) is 0 Å². The number of anilines is 1. The summed E-state index contributed by atoms with van der Waals surface area (Å²) < 4.78 is 73.7. The Morgan fingerprint density at radius 1 is 1.18 bits per heavy atom. The molecule has 2 amide bonds. The standard InChI is InChI=1S/C26H26ClF3N2O6S/c1-25(2,3)38-24(35)31-19-13-39(36,37)22-10-18(28)17(21(33)8-15-11-26(15,29)30)9-20(22)32(23(19)34)12-14-4-6-16(27)7-5-14/h4-7,9-10,15,19H,8,11-13H2,1-3H3,(H,31,35)/t15-,19+/m1/s1. The molecule has 13 heteroatoms. The third-order valence-corrected chi connectivity index (χ3v) is 8.28. The highest BCUT2D eigenvalue weighted by atomic mass is 35.5. The van der Waals surface area contributed by atoms with Gasteiger partial charge in [-0.3, -0.25) is 9.59 Å². The van der Waals surface area contributed by atoms with Crippen LogP contribution >= 0.6 is 11.6 Å². The van der Waals surface area contributed by atoms with Gasteiger partial charge in [-0.05, 0) is 50.6 Å². The number of halogens is 4. The Labute approximate surface area is 228 Å². The molecule has 0 aromatic heterocycles. The zero-order chi connectivity index (χ0) is 28.9. The second kappa shape index (κ2) is 10.1. The molecule has 1 N–H and O–H groups in total. The SMILES string of the molecule is CC(C)(C)OC(=O)N[C@H]1CS(=O)(=O)c2cc(F)c(C(=O)C[C@@H]3CC3(F)F)cc2N(Cc2ccc(Cl)cc2)C1=O. The van der Waals surface area contributed by atoms with Crippen LogP contribution in [0.15, 0.2) is 41.3 Å². The van der Waals surface area contributed by atoms with E-state index in [1.165, 1.54) is 0 Å². The van der Waals surface area contributed by atoms with E-state index >= 15 is 4.39 Å². The van der Waals surface area contributed by atoms with Gasteiger partial charge >= 0.3 is 6.09 Å². The first-order valence-electron chi connectivity index (χ1n) is 12.0. The minimum atomic E-state index is -4.40. The third kappa shape index (κ3) is 6.55. The van der Waals surface area contributed by atoms with E-state index in [4.69, 9.17) is 16.3 Å². The molecule has 2 aromatic carbocycles. The Bertz CT molecular complexity index is 1440. The largest absolute Gasteiger partial charge is 0.444 e. The van der Waals surface area contributed by atoms with E-state index in [-0.39, 0.29) is 12.2 Å². The number of sulfone groups is 1. The molecule has 1 aliphatic heterocycles. The summed E-state index contributed by atoms with van der Waals surface area (Å²) in [5.41, 5.74) is -1.36. The summed E-state index contributed by atoms with van der Waals surface area (Å²) in [5.74, 6) is -8.18. The van der Waals surface area contributed by atoms with Crippen LogP contribution in [0, 0.1) is 11.7 Å². The molecular formula is C26H26ClF3N2O6S. The molecule has 1 aliphatic carbocycles. The van der Waals surface area contributed by atoms with Crippen LogP contribution in [0.2, 0.25) is 5.02 Å². The molecule has 0 bridgehead atoms. The fourth-order valence-corrected chi connectivity index (χ4v) is 5.96. The number of amides is 2. The van der Waals surface area contributed by atoms with Crippen molar-refractivity contribution < 1.29 is 40.7 Å². The first kappa shape index (κ1) is 28.9. The lowest BCUT2D eigenvalue weighted by molar-refractivity contribution is -0.120. The minimum Gasteiger partial charge on any atom is -0.444 e. The van der Waals surface area contributed by atoms with Crippen molar-refractivity contribution in [2.75, 3.05) is 10.7 Å². The zero-order valence-electron chi connectivity index (χ0n) is 21.3. The topological polar surface area (TPSA) is 110 Å². The molecule has 2 aliphatic rings. The van der Waals surface area contributed by atoms with E-state index in [2.05, 4.69) is 5.32 Å². The van der Waals surface area contributed by atoms with Gasteiger partial charge in [0.25, 0.3) is 11.8 Å². The number of nitrogens with one attached hydrogen (secondary N) is 1. The molecule has 0 unspecified atom stereocenters. The molecule has 1 saturated carbocycles. The van der Waals surface area contributed by atoms with Gasteiger partial charge in [0, 0.05) is 23.8 Å². The number of alkyl halides is 2. The highest BCUT2D eigenvalue weighted by molar-refractivity contribution is 7.91. The normalized spacial score (nSPS) is 21.5. The molecule has 1 heterocycles. The lowest BCUT2D eigenvalue weighted by Gasteiger charge is -2.27. The van der Waals surface area contributed by atoms with Crippen LogP contribution in [-0.2, 0) is 25.9 Å². The molecule has 2 atom stereocenters. The van der Waals surface area contributed by atoms with Gasteiger partial charge in [-0.1, -0.05) is 23.7 Å². The molecular weight excluding hydrogens is 561 g/mol. The second-order valence-electron chi connectivity index (χ2n) is 10.6. The number of rotatable bonds is 6. The van der Waals surface area contributed by atoms with E-state index in [0.717, 1.165) is 11.0 Å². The Kier molecular flexibility index (Phi) is 7.50. The highest BCUT2D eigenvalue weighted by Gasteiger charge is 2.57. The average molecular weight is 587 g/mol. The summed E-state index contributed by atoms with van der Waals surface area (Å²) in [5, 5.41) is 2.68. The van der Waals surface area contributed by atoms with E-state index in [0.29, 0.717) is 16.7 Å². The number of fused-ring (bicyclic) bond motifs is 1. The molecule has 1 fully saturated rings. The number of ether oxygens (including phenoxy) is 1. The first-order chi connectivity index (χ1) is 18.0. The van der Waals surface area contributed by atoms with E-state index < -0.39 is 86.0 Å². The summed E-state index contributed by atoms with van der Waals surface area (Å²) in [7, 11) is -4.40. The fraction of sp³-hybridized carbons (Fsp3) is 0.423. The Balaban J connectivity index is 1.78. The summed E-state index contributed by atoms with van der Waals surface area (Å²) in [4.78, 5) is 39.3. The molecule has 8 nitrogen and oxygen atoms in total. The van der Waals surface area contributed by atoms with E-state index in [1.54, 1.807) is 45.0 Å². The molecule has 4 rings (SSSR count). The quantitative estimate of drug-likeness (QED) is 0.481. The van der Waals surface area contributed by atoms with Crippen LogP contribution in [0.1, 0.15) is 49.5 Å². The van der Waals surface area contributed by atoms with E-state index in [9.17, 15) is 31.6 Å². The summed E-state index contributed by atoms with van der Waals surface area (Å²) in [6.45, 7) is 4.52. The van der Waals surface area contributed by atoms with Gasteiger partial charge in [-0.25, -0.2) is 26.4 Å². The van der Waals surface area contributed by atoms with Crippen molar-refractivity contribution in [3.05, 3.63) is 58.4 Å². The minimum absolute atomic E-state index is 0.231. The number of Topliss-reactive ketones (excluding diaryl/α,β-unsaturated/α-hetero) is 1. The molecule has 0 saturated heterocycles. The van der Waals surface area contributed by atoms with Crippen molar-refractivity contribution >= 4 is 44.9 Å². The number of hydrogen-bond acceptors (Lipinski definition) is 6. The first-order valence-corrected chi connectivity index (χ1v) is 14.0. The molecule has 210 valence electrons. The van der Waals surface area contributed by atoms with Crippen LogP contribution in [-0.4, -0.2) is 49.5 Å². The van der Waals surface area contributed by atoms with Gasteiger partial charge in [-0.2, -0.15) is 0 Å². The van der Waals surface area contributed by atoms with Crippen molar-refractivity contribution in [3.8, 4) is 0 Å². The number of nitrogens with zero attached hydrogens (tertiary/aromatic N) is 1. The average Bonchev–Trinajstić information content (AvgIpc) is 3.42. The molecule has 2 aromatic rings. The van der Waals surface area contributed by atoms with Crippen LogP contribution in [0.4, 0.5) is 23.7 Å². The Hall–Kier alpha value is -3.12. The smallest absolute Gasteiger partial charge is 0.408 e. The monoisotopic (exact) mass is 586 g/mol. The number of ketones is 1. The van der Waals surface area contributed by atoms with Crippen molar-refractivity contribution in [1.29, 1.82) is 0 Å². The van der Waals surface area contributed by atoms with Gasteiger partial charge in [0.2, 0.25) is 0 Å². The maximum atomic E-state index is 15.1. The van der Waals surface area contributed by atoms with Gasteiger partial charge in [0.05, 0.1) is 28.4 Å². The maximum Gasteiger partial charge on any atom is 0.408 e. The summed E-state index contributed by atoms with van der Waals surface area (Å²) >= 11 is 5.95. The number of alkyl carbamates (subject to hydrolysis) is 1. The fourth-order valence-electron chi connectivity index (χ4n) is 4.22. The van der Waals surface area contributed by atoms with Gasteiger partial charge in [0.1, 0.15) is 17.5 Å². The third-order valence-electron chi connectivity index (χ3n) is 6.26. The predicted octanol–water partition coefficient (Wildman–Crippen LogP) is 4.92. The van der Waals surface area contributed by atoms with Gasteiger partial charge in [-0.15, -0.1) is 0 Å². The van der Waals surface area contributed by atoms with Crippen molar-refractivity contribution in [2.24, 2.45) is 5.92 Å². The van der Waals surface area contributed by atoms with Crippen LogP contribution in [0.5, 0.6) is 0 Å². The van der Waals surface area contributed by atoms with Crippen molar-refractivity contribution in [2.45, 2.75) is 62.6 Å². The van der Waals surface area contributed by atoms with Crippen molar-refractivity contribution in [1.82, 2.24) is 5.32 Å². The number of carbonyl (C=O) groups excluding carboxylic acids is 3. The molecule has 39 heavy (non-hydrogen) atoms. The van der Waals surface area contributed by atoms with Crippen molar-refractivity contribution in [3.63, 3.8) is 0 Å². The number of benzene rings is 2. The summed E-state index contributed by atoms with van der Waals surface area (Å²) in [6.07, 6.45) is -2.18. The van der Waals surface area contributed by atoms with Crippen LogP contribution in [0.3, 0.4) is 0 Å². The lowest BCUT2D eigenvalue weighted by Crippen LogP contribution is -2.51. The summed E-state index contributed by atoms with van der Waals surface area (Å²) in [6, 6.07) is 6.14. The maximum absolute atomic E-state index is 15.1. The molecule has 0 spiro atoms. The second-order valence-corrected chi connectivity index (χ2v) is 13.1. The zero-order valence-corrected chi connectivity index (χ0v) is 22.8. The lowest BCUT2D eigenvalue weighted by atomic mass is 10.0. The van der Waals surface area contributed by atoms with Gasteiger partial charge < -0.3 is 15.0 Å². The molecule has 0 radical (unpaired) electrons. The van der Waals surface area contributed by atoms with Crippen LogP contribution < -0.4 is 10.2 Å². The van der Waals surface area contributed by atoms with Crippen LogP contribution in [0.25, 0.3) is 0 Å². The number of hydrogen-bond donors (Lipinski definition) is 1. The predicted molar refractivity (Wildman–Crippen MR) is 136 cm³/mol. The Morgan fingerprint density at radius 3 is 2.36 bits per heavy atom.